The lowest BCUT2D eigenvalue weighted by Gasteiger charge is -2.04. The molecular weight excluding hydrogens is 136 g/mol. The maximum Gasteiger partial charge on any atom is 0.164 e. The van der Waals surface area contributed by atoms with Gasteiger partial charge in [-0.1, -0.05) is 6.08 Å². The fourth-order valence-electron chi connectivity index (χ4n) is 0.987. The number of allylic oxidation sites excluding steroid dienone is 2. The molecule has 0 spiro atoms. The van der Waals surface area contributed by atoms with Crippen LogP contribution in [0.15, 0.2) is 11.0 Å². The van der Waals surface area contributed by atoms with Gasteiger partial charge in [-0.2, -0.15) is 0 Å². The maximum atomic E-state index is 10.3. The zero-order chi connectivity index (χ0) is 6.69. The standard InChI is InChI=1S/C6H10O2S/c7-9(8)6-4-2-1-3-5-6/h4,9H,1-3,5H2. The van der Waals surface area contributed by atoms with Crippen LogP contribution >= 0.6 is 0 Å². The zero-order valence-electron chi connectivity index (χ0n) is 5.17. The Kier molecular flexibility index (Phi) is 2.28. The van der Waals surface area contributed by atoms with Gasteiger partial charge < -0.3 is 0 Å². The first kappa shape index (κ1) is 6.81. The summed E-state index contributed by atoms with van der Waals surface area (Å²) in [4.78, 5) is 0.635. The summed E-state index contributed by atoms with van der Waals surface area (Å²) in [6.07, 6.45) is 5.72. The fraction of sp³-hybridized carbons (Fsp3) is 0.667. The second-order valence-corrected chi connectivity index (χ2v) is 3.29. The third-order valence-corrected chi connectivity index (χ3v) is 2.38. The molecule has 0 amide bonds. The molecule has 52 valence electrons. The van der Waals surface area contributed by atoms with E-state index in [4.69, 9.17) is 0 Å². The summed E-state index contributed by atoms with van der Waals surface area (Å²) < 4.78 is 20.6. The molecular formula is C6H10O2S. The van der Waals surface area contributed by atoms with Crippen molar-refractivity contribution in [1.29, 1.82) is 0 Å². The van der Waals surface area contributed by atoms with E-state index in [-0.39, 0.29) is 0 Å². The Bertz CT molecular complexity index is 183. The lowest BCUT2D eigenvalue weighted by molar-refractivity contribution is 0.613. The monoisotopic (exact) mass is 146 g/mol. The Morgan fingerprint density at radius 1 is 1.33 bits per heavy atom. The van der Waals surface area contributed by atoms with Crippen LogP contribution in [-0.2, 0) is 10.7 Å². The molecule has 0 aromatic carbocycles. The molecule has 0 radical (unpaired) electrons. The summed E-state index contributed by atoms with van der Waals surface area (Å²) in [7, 11) is -2.26. The van der Waals surface area contributed by atoms with Crippen LogP contribution in [0.1, 0.15) is 25.7 Å². The van der Waals surface area contributed by atoms with Gasteiger partial charge in [-0.25, -0.2) is 8.42 Å². The minimum Gasteiger partial charge on any atom is -0.227 e. The minimum atomic E-state index is -2.26. The van der Waals surface area contributed by atoms with Gasteiger partial charge in [-0.05, 0) is 25.7 Å². The second-order valence-electron chi connectivity index (χ2n) is 2.20. The molecule has 0 fully saturated rings. The Morgan fingerprint density at radius 2 is 2.11 bits per heavy atom. The molecule has 1 aliphatic carbocycles. The molecule has 0 N–H and O–H groups in total. The molecule has 0 unspecified atom stereocenters. The third-order valence-electron chi connectivity index (χ3n) is 1.50. The van der Waals surface area contributed by atoms with Crippen molar-refractivity contribution in [1.82, 2.24) is 0 Å². The molecule has 0 heterocycles. The van der Waals surface area contributed by atoms with Gasteiger partial charge in [0.25, 0.3) is 0 Å². The van der Waals surface area contributed by atoms with Crippen molar-refractivity contribution >= 4 is 10.7 Å². The van der Waals surface area contributed by atoms with Crippen LogP contribution in [0.2, 0.25) is 0 Å². The third kappa shape index (κ3) is 1.82. The summed E-state index contributed by atoms with van der Waals surface area (Å²) >= 11 is 0. The molecule has 0 saturated heterocycles. The van der Waals surface area contributed by atoms with Crippen molar-refractivity contribution in [2.75, 3.05) is 0 Å². The SMILES string of the molecule is O=[SH](=O)C1=CCCCC1. The van der Waals surface area contributed by atoms with E-state index in [1.807, 2.05) is 6.08 Å². The first-order valence-corrected chi connectivity index (χ1v) is 4.32. The first-order valence-electron chi connectivity index (χ1n) is 3.14. The van der Waals surface area contributed by atoms with Gasteiger partial charge >= 0.3 is 0 Å². The Balaban J connectivity index is 2.68. The summed E-state index contributed by atoms with van der Waals surface area (Å²) in [5, 5.41) is 0. The zero-order valence-corrected chi connectivity index (χ0v) is 6.06. The van der Waals surface area contributed by atoms with Gasteiger partial charge in [0, 0.05) is 4.91 Å². The molecule has 0 aliphatic heterocycles. The summed E-state index contributed by atoms with van der Waals surface area (Å²) in [5.74, 6) is 0. The minimum absolute atomic E-state index is 0.635. The van der Waals surface area contributed by atoms with E-state index in [0.29, 0.717) is 4.91 Å². The van der Waals surface area contributed by atoms with Gasteiger partial charge in [0.05, 0.1) is 0 Å². The molecule has 2 nitrogen and oxygen atoms in total. The Morgan fingerprint density at radius 3 is 2.44 bits per heavy atom. The highest BCUT2D eigenvalue weighted by molar-refractivity contribution is 7.76. The van der Waals surface area contributed by atoms with Gasteiger partial charge in [-0.15, -0.1) is 0 Å². The van der Waals surface area contributed by atoms with Crippen molar-refractivity contribution in [3.63, 3.8) is 0 Å². The number of hydrogen-bond donors (Lipinski definition) is 1. The van der Waals surface area contributed by atoms with Crippen molar-refractivity contribution in [3.05, 3.63) is 11.0 Å². The van der Waals surface area contributed by atoms with E-state index in [0.717, 1.165) is 25.7 Å². The average Bonchev–Trinajstić information content (AvgIpc) is 1.90. The van der Waals surface area contributed by atoms with E-state index >= 15 is 0 Å². The Hall–Kier alpha value is -0.310. The van der Waals surface area contributed by atoms with Crippen LogP contribution in [0.4, 0.5) is 0 Å². The highest BCUT2D eigenvalue weighted by Gasteiger charge is 2.03. The quantitative estimate of drug-likeness (QED) is 0.561. The highest BCUT2D eigenvalue weighted by atomic mass is 32.2. The number of hydrogen-bond acceptors (Lipinski definition) is 2. The molecule has 0 atom stereocenters. The summed E-state index contributed by atoms with van der Waals surface area (Å²) in [5.41, 5.74) is 0. The molecule has 0 aromatic rings. The van der Waals surface area contributed by atoms with Crippen molar-refractivity contribution in [3.8, 4) is 0 Å². The number of rotatable bonds is 1. The molecule has 0 aromatic heterocycles. The van der Waals surface area contributed by atoms with Crippen molar-refractivity contribution in [2.24, 2.45) is 0 Å². The summed E-state index contributed by atoms with van der Waals surface area (Å²) in [6.45, 7) is 0. The van der Waals surface area contributed by atoms with Gasteiger partial charge in [0.1, 0.15) is 0 Å². The molecule has 0 bridgehead atoms. The molecule has 1 aliphatic rings. The van der Waals surface area contributed by atoms with Crippen LogP contribution in [0, 0.1) is 0 Å². The van der Waals surface area contributed by atoms with Crippen molar-refractivity contribution in [2.45, 2.75) is 25.7 Å². The van der Waals surface area contributed by atoms with Crippen LogP contribution in [-0.4, -0.2) is 8.42 Å². The lowest BCUT2D eigenvalue weighted by Crippen LogP contribution is -1.92. The largest absolute Gasteiger partial charge is 0.227 e. The molecule has 1 rings (SSSR count). The van der Waals surface area contributed by atoms with Crippen LogP contribution < -0.4 is 0 Å². The number of thiol groups is 1. The highest BCUT2D eigenvalue weighted by Crippen LogP contribution is 2.16. The topological polar surface area (TPSA) is 34.1 Å². The van der Waals surface area contributed by atoms with Gasteiger partial charge in [0.2, 0.25) is 0 Å². The van der Waals surface area contributed by atoms with E-state index in [2.05, 4.69) is 0 Å². The lowest BCUT2D eigenvalue weighted by atomic mass is 10.1. The van der Waals surface area contributed by atoms with Crippen LogP contribution in [0.5, 0.6) is 0 Å². The molecule has 9 heavy (non-hydrogen) atoms. The second kappa shape index (κ2) is 3.01. The van der Waals surface area contributed by atoms with Crippen molar-refractivity contribution < 1.29 is 8.42 Å². The normalized spacial score (nSPS) is 19.9. The van der Waals surface area contributed by atoms with Crippen LogP contribution in [0.25, 0.3) is 0 Å². The predicted molar refractivity (Wildman–Crippen MR) is 36.9 cm³/mol. The Labute approximate surface area is 56.5 Å². The maximum absolute atomic E-state index is 10.3. The van der Waals surface area contributed by atoms with E-state index in [1.165, 1.54) is 0 Å². The van der Waals surface area contributed by atoms with E-state index in [1.54, 1.807) is 0 Å². The predicted octanol–water partition coefficient (Wildman–Crippen LogP) is 1.06. The van der Waals surface area contributed by atoms with E-state index in [9.17, 15) is 8.42 Å². The molecule has 3 heteroatoms. The molecule has 0 saturated carbocycles. The summed E-state index contributed by atoms with van der Waals surface area (Å²) in [6, 6.07) is 0. The van der Waals surface area contributed by atoms with E-state index < -0.39 is 10.7 Å². The van der Waals surface area contributed by atoms with Gasteiger partial charge in [-0.3, -0.25) is 0 Å². The first-order chi connectivity index (χ1) is 4.30. The fourth-order valence-corrected chi connectivity index (χ4v) is 1.61. The van der Waals surface area contributed by atoms with Gasteiger partial charge in [0.15, 0.2) is 10.7 Å². The van der Waals surface area contributed by atoms with Crippen LogP contribution in [0.3, 0.4) is 0 Å². The average molecular weight is 146 g/mol. The smallest absolute Gasteiger partial charge is 0.164 e.